The lowest BCUT2D eigenvalue weighted by atomic mass is 10.1. The minimum absolute atomic E-state index is 0.203. The van der Waals surface area contributed by atoms with Crippen LogP contribution < -0.4 is 14.8 Å². The van der Waals surface area contributed by atoms with E-state index in [1.165, 1.54) is 26.2 Å². The van der Waals surface area contributed by atoms with Crippen LogP contribution in [-0.2, 0) is 14.8 Å². The maximum Gasteiger partial charge on any atom is 0.265 e. The summed E-state index contributed by atoms with van der Waals surface area (Å²) < 4.78 is 37.1. The Kier molecular flexibility index (Phi) is 5.62. The number of para-hydroxylation sites is 2. The first-order chi connectivity index (χ1) is 13.2. The van der Waals surface area contributed by atoms with E-state index in [0.29, 0.717) is 11.5 Å². The van der Waals surface area contributed by atoms with Crippen LogP contribution >= 0.6 is 0 Å². The number of carbonyl (C=O) groups excluding carboxylic acids is 1. The van der Waals surface area contributed by atoms with E-state index in [-0.39, 0.29) is 16.8 Å². The molecule has 7 nitrogen and oxygen atoms in total. The molecule has 8 heteroatoms. The number of amides is 1. The number of hydrogen-bond acceptors (Lipinski definition) is 5. The molecular weight excluding hydrogens is 380 g/mol. The molecule has 0 bridgehead atoms. The zero-order valence-electron chi connectivity index (χ0n) is 16.2. The minimum atomic E-state index is -3.49. The second kappa shape index (κ2) is 7.81. The molecule has 2 aromatic rings. The van der Waals surface area contributed by atoms with Crippen LogP contribution in [0.3, 0.4) is 0 Å². The third-order valence-electron chi connectivity index (χ3n) is 4.62. The van der Waals surface area contributed by atoms with Gasteiger partial charge >= 0.3 is 0 Å². The van der Waals surface area contributed by atoms with Crippen LogP contribution in [0.2, 0.25) is 0 Å². The Morgan fingerprint density at radius 1 is 1.04 bits per heavy atom. The fourth-order valence-electron chi connectivity index (χ4n) is 2.92. The topological polar surface area (TPSA) is 84.9 Å². The molecule has 0 aliphatic carbocycles. The Morgan fingerprint density at radius 3 is 2.18 bits per heavy atom. The van der Waals surface area contributed by atoms with Crippen LogP contribution in [0.5, 0.6) is 11.5 Å². The summed E-state index contributed by atoms with van der Waals surface area (Å²) in [6.07, 6.45) is -1.21. The van der Waals surface area contributed by atoms with Gasteiger partial charge in [0.25, 0.3) is 5.91 Å². The maximum atomic E-state index is 12.7. The van der Waals surface area contributed by atoms with Crippen molar-refractivity contribution in [2.45, 2.75) is 37.0 Å². The summed E-state index contributed by atoms with van der Waals surface area (Å²) in [5.74, 6) is 0.857. The van der Waals surface area contributed by atoms with Gasteiger partial charge in [0.05, 0.1) is 10.9 Å². The normalized spacial score (nSPS) is 19.9. The monoisotopic (exact) mass is 404 g/mol. The van der Waals surface area contributed by atoms with Gasteiger partial charge in [0.15, 0.2) is 11.5 Å². The average Bonchev–Trinajstić information content (AvgIpc) is 2.67. The molecule has 0 spiro atoms. The molecule has 1 aliphatic heterocycles. The number of nitrogens with zero attached hydrogens (tertiary/aromatic N) is 1. The SMILES string of the molecule is CC(NC(=O)C1Oc2ccccc2OC1C)c1ccc(S(=O)(=O)N(C)C)cc1. The molecule has 1 heterocycles. The first-order valence-electron chi connectivity index (χ1n) is 8.95. The highest BCUT2D eigenvalue weighted by Crippen LogP contribution is 2.33. The Hall–Kier alpha value is -2.58. The fraction of sp³-hybridized carbons (Fsp3) is 0.350. The third kappa shape index (κ3) is 3.98. The van der Waals surface area contributed by atoms with Gasteiger partial charge in [-0.1, -0.05) is 24.3 Å². The van der Waals surface area contributed by atoms with Crippen molar-refractivity contribution >= 4 is 15.9 Å². The van der Waals surface area contributed by atoms with E-state index in [9.17, 15) is 13.2 Å². The predicted octanol–water partition coefficient (Wildman–Crippen LogP) is 2.34. The molecule has 2 aromatic carbocycles. The average molecular weight is 404 g/mol. The Morgan fingerprint density at radius 2 is 1.61 bits per heavy atom. The Labute approximate surface area is 165 Å². The van der Waals surface area contributed by atoms with Crippen LogP contribution in [-0.4, -0.2) is 44.9 Å². The van der Waals surface area contributed by atoms with Crippen LogP contribution in [0.25, 0.3) is 0 Å². The number of fused-ring (bicyclic) bond motifs is 1. The smallest absolute Gasteiger partial charge is 0.265 e. The number of rotatable bonds is 5. The van der Waals surface area contributed by atoms with Crippen molar-refractivity contribution in [2.24, 2.45) is 0 Å². The number of ether oxygens (including phenoxy) is 2. The van der Waals surface area contributed by atoms with E-state index in [4.69, 9.17) is 9.47 Å². The van der Waals surface area contributed by atoms with E-state index >= 15 is 0 Å². The van der Waals surface area contributed by atoms with Gasteiger partial charge in [-0.25, -0.2) is 12.7 Å². The molecule has 0 saturated carbocycles. The molecular formula is C20H24N2O5S. The van der Waals surface area contributed by atoms with Gasteiger partial charge in [0.1, 0.15) is 6.10 Å². The fourth-order valence-corrected chi connectivity index (χ4v) is 3.83. The van der Waals surface area contributed by atoms with Crippen molar-refractivity contribution < 1.29 is 22.7 Å². The van der Waals surface area contributed by atoms with Crippen LogP contribution in [0, 0.1) is 0 Å². The van der Waals surface area contributed by atoms with E-state index < -0.39 is 22.2 Å². The molecule has 3 rings (SSSR count). The molecule has 3 atom stereocenters. The van der Waals surface area contributed by atoms with Crippen molar-refractivity contribution in [2.75, 3.05) is 14.1 Å². The Bertz CT molecular complexity index is 957. The van der Waals surface area contributed by atoms with Gasteiger partial charge in [0.2, 0.25) is 16.1 Å². The molecule has 1 aliphatic rings. The second-order valence-corrected chi connectivity index (χ2v) is 9.05. The third-order valence-corrected chi connectivity index (χ3v) is 6.45. The summed E-state index contributed by atoms with van der Waals surface area (Å²) in [4.78, 5) is 12.9. The molecule has 150 valence electrons. The molecule has 3 unspecified atom stereocenters. The first kappa shape index (κ1) is 20.2. The largest absolute Gasteiger partial charge is 0.482 e. The lowest BCUT2D eigenvalue weighted by Crippen LogP contribution is -2.49. The van der Waals surface area contributed by atoms with Crippen molar-refractivity contribution in [3.05, 3.63) is 54.1 Å². The first-order valence-corrected chi connectivity index (χ1v) is 10.4. The quantitative estimate of drug-likeness (QED) is 0.827. The lowest BCUT2D eigenvalue weighted by molar-refractivity contribution is -0.134. The molecule has 1 N–H and O–H groups in total. The van der Waals surface area contributed by atoms with Gasteiger partial charge in [-0.15, -0.1) is 0 Å². The van der Waals surface area contributed by atoms with E-state index in [1.807, 2.05) is 19.1 Å². The van der Waals surface area contributed by atoms with Crippen molar-refractivity contribution in [3.63, 3.8) is 0 Å². The predicted molar refractivity (Wildman–Crippen MR) is 105 cm³/mol. The number of sulfonamides is 1. The number of nitrogens with one attached hydrogen (secondary N) is 1. The van der Waals surface area contributed by atoms with Crippen molar-refractivity contribution in [1.82, 2.24) is 9.62 Å². The van der Waals surface area contributed by atoms with Crippen LogP contribution in [0.1, 0.15) is 25.5 Å². The number of carbonyl (C=O) groups is 1. The second-order valence-electron chi connectivity index (χ2n) is 6.89. The van der Waals surface area contributed by atoms with Crippen LogP contribution in [0.15, 0.2) is 53.4 Å². The summed E-state index contributed by atoms with van der Waals surface area (Å²) in [5.41, 5.74) is 0.788. The Balaban J connectivity index is 1.69. The molecule has 0 radical (unpaired) electrons. The van der Waals surface area contributed by atoms with E-state index in [0.717, 1.165) is 9.87 Å². The zero-order valence-corrected chi connectivity index (χ0v) is 17.1. The molecule has 1 amide bonds. The van der Waals surface area contributed by atoms with Gasteiger partial charge in [-0.2, -0.15) is 0 Å². The minimum Gasteiger partial charge on any atom is -0.482 e. The van der Waals surface area contributed by atoms with Gasteiger partial charge in [0, 0.05) is 14.1 Å². The highest BCUT2D eigenvalue weighted by molar-refractivity contribution is 7.89. The van der Waals surface area contributed by atoms with E-state index in [1.54, 1.807) is 31.2 Å². The molecule has 28 heavy (non-hydrogen) atoms. The number of hydrogen-bond donors (Lipinski definition) is 1. The summed E-state index contributed by atoms with van der Waals surface area (Å²) in [5, 5.41) is 2.90. The lowest BCUT2D eigenvalue weighted by Gasteiger charge is -2.31. The number of benzene rings is 2. The highest BCUT2D eigenvalue weighted by Gasteiger charge is 2.34. The standard InChI is InChI=1S/C20H24N2O5S/c1-13(15-9-11-16(12-10-15)28(24,25)22(3)4)21-20(23)19-14(2)26-17-7-5-6-8-18(17)27-19/h5-14,19H,1-4H3,(H,21,23). The van der Waals surface area contributed by atoms with Gasteiger partial charge in [-0.3, -0.25) is 4.79 Å². The van der Waals surface area contributed by atoms with Crippen molar-refractivity contribution in [1.29, 1.82) is 0 Å². The van der Waals surface area contributed by atoms with Gasteiger partial charge in [-0.05, 0) is 43.7 Å². The summed E-state index contributed by atoms with van der Waals surface area (Å²) in [6.45, 7) is 3.61. The molecule has 0 aromatic heterocycles. The van der Waals surface area contributed by atoms with Crippen molar-refractivity contribution in [3.8, 4) is 11.5 Å². The summed E-state index contributed by atoms with van der Waals surface area (Å²) in [7, 11) is -0.518. The van der Waals surface area contributed by atoms with Crippen LogP contribution in [0.4, 0.5) is 0 Å². The maximum absolute atomic E-state index is 12.7. The van der Waals surface area contributed by atoms with E-state index in [2.05, 4.69) is 5.32 Å². The summed E-state index contributed by atoms with van der Waals surface area (Å²) >= 11 is 0. The molecule has 0 saturated heterocycles. The zero-order chi connectivity index (χ0) is 20.5. The molecule has 0 fully saturated rings. The highest BCUT2D eigenvalue weighted by atomic mass is 32.2. The van der Waals surface area contributed by atoms with Gasteiger partial charge < -0.3 is 14.8 Å². The summed E-state index contributed by atoms with van der Waals surface area (Å²) in [6, 6.07) is 13.4.